The molecule has 20 heavy (non-hydrogen) atoms. The third kappa shape index (κ3) is 5.14. The van der Waals surface area contributed by atoms with E-state index in [-0.39, 0.29) is 12.4 Å². The van der Waals surface area contributed by atoms with Crippen molar-refractivity contribution in [3.63, 3.8) is 0 Å². The van der Waals surface area contributed by atoms with Gasteiger partial charge in [-0.05, 0) is 6.04 Å². The van der Waals surface area contributed by atoms with E-state index in [1.165, 1.54) is 13.3 Å². The molecular formula is C12H21N3O4Si. The van der Waals surface area contributed by atoms with Gasteiger partial charge in [-0.15, -0.1) is 0 Å². The van der Waals surface area contributed by atoms with Crippen LogP contribution in [0.1, 0.15) is 16.3 Å². The monoisotopic (exact) mass is 299 g/mol. The number of nitrogens with zero attached hydrogens (tertiary/aromatic N) is 3. The average molecular weight is 299 g/mol. The molecule has 0 saturated carbocycles. The molecule has 0 aliphatic carbocycles. The molecule has 0 spiro atoms. The third-order valence-electron chi connectivity index (χ3n) is 2.60. The van der Waals surface area contributed by atoms with E-state index in [2.05, 4.69) is 34.5 Å². The van der Waals surface area contributed by atoms with E-state index in [0.717, 1.165) is 12.3 Å². The average Bonchev–Trinajstić information content (AvgIpc) is 2.76. The van der Waals surface area contributed by atoms with Crippen LogP contribution in [0.3, 0.4) is 0 Å². The van der Waals surface area contributed by atoms with E-state index in [1.54, 1.807) is 4.57 Å². The Labute approximate surface area is 119 Å². The molecule has 0 amide bonds. The molecule has 8 heteroatoms. The molecule has 0 radical (unpaired) electrons. The zero-order valence-electron chi connectivity index (χ0n) is 12.3. The van der Waals surface area contributed by atoms with Crippen LogP contribution in [0.5, 0.6) is 0 Å². The fourth-order valence-corrected chi connectivity index (χ4v) is 2.19. The molecule has 0 aliphatic heterocycles. The summed E-state index contributed by atoms with van der Waals surface area (Å²) in [5.41, 5.74) is 0.149. The Bertz CT molecular complexity index is 480. The van der Waals surface area contributed by atoms with E-state index in [0.29, 0.717) is 12.4 Å². The van der Waals surface area contributed by atoms with Gasteiger partial charge in [-0.25, -0.2) is 9.78 Å². The molecular weight excluding hydrogens is 278 g/mol. The van der Waals surface area contributed by atoms with Gasteiger partial charge in [-0.3, -0.25) is 0 Å². The fraction of sp³-hybridized carbons (Fsp3) is 0.583. The van der Waals surface area contributed by atoms with Crippen molar-refractivity contribution in [2.45, 2.75) is 32.4 Å². The zero-order valence-corrected chi connectivity index (χ0v) is 13.3. The number of aromatic nitrogens is 2. The van der Waals surface area contributed by atoms with Gasteiger partial charge < -0.3 is 19.2 Å². The summed E-state index contributed by atoms with van der Waals surface area (Å²) in [5, 5.41) is 11.5. The molecule has 1 rings (SSSR count). The molecule has 1 aromatic heterocycles. The second kappa shape index (κ2) is 7.20. The van der Waals surface area contributed by atoms with Crippen molar-refractivity contribution < 1.29 is 19.5 Å². The van der Waals surface area contributed by atoms with Crippen molar-refractivity contribution in [1.82, 2.24) is 9.55 Å². The molecule has 0 bridgehead atoms. The van der Waals surface area contributed by atoms with Crippen molar-refractivity contribution in [2.75, 3.05) is 13.7 Å². The van der Waals surface area contributed by atoms with Crippen LogP contribution in [-0.4, -0.2) is 48.7 Å². The maximum absolute atomic E-state index is 11.4. The highest BCUT2D eigenvalue weighted by molar-refractivity contribution is 6.76. The Morgan fingerprint density at radius 3 is 2.80 bits per heavy atom. The van der Waals surface area contributed by atoms with Gasteiger partial charge in [0.1, 0.15) is 12.9 Å². The van der Waals surface area contributed by atoms with E-state index < -0.39 is 14.0 Å². The van der Waals surface area contributed by atoms with Gasteiger partial charge in [0, 0.05) is 20.9 Å². The third-order valence-corrected chi connectivity index (χ3v) is 4.31. The minimum atomic E-state index is -1.13. The lowest BCUT2D eigenvalue weighted by Crippen LogP contribution is -2.22. The molecule has 0 fully saturated rings. The highest BCUT2D eigenvalue weighted by Crippen LogP contribution is 2.09. The van der Waals surface area contributed by atoms with E-state index in [1.807, 2.05) is 0 Å². The molecule has 0 saturated heterocycles. The van der Waals surface area contributed by atoms with Crippen LogP contribution < -0.4 is 0 Å². The zero-order chi connectivity index (χ0) is 15.2. The maximum Gasteiger partial charge on any atom is 0.358 e. The molecule has 0 aliphatic rings. The van der Waals surface area contributed by atoms with Crippen LogP contribution in [-0.2, 0) is 16.2 Å². The van der Waals surface area contributed by atoms with Gasteiger partial charge in [0.2, 0.25) is 0 Å². The minimum absolute atomic E-state index is 0.149. The standard InChI is InChI=1S/C12H21N3O4Si/c1-18-12(16)10-8-15(11(14-10)7-13-17)9-19-5-6-20(2,3)4/h7-8,17H,5-6,9H2,1-4H3/b13-7-. The van der Waals surface area contributed by atoms with Crippen molar-refractivity contribution in [3.8, 4) is 0 Å². The van der Waals surface area contributed by atoms with Gasteiger partial charge in [0.15, 0.2) is 11.5 Å². The number of imidazole rings is 1. The highest BCUT2D eigenvalue weighted by Gasteiger charge is 2.15. The van der Waals surface area contributed by atoms with E-state index in [9.17, 15) is 4.79 Å². The quantitative estimate of drug-likeness (QED) is 0.207. The van der Waals surface area contributed by atoms with Gasteiger partial charge in [0.05, 0.1) is 7.11 Å². The lowest BCUT2D eigenvalue weighted by molar-refractivity contribution is 0.0593. The number of hydrogen-bond acceptors (Lipinski definition) is 6. The predicted molar refractivity (Wildman–Crippen MR) is 77.1 cm³/mol. The summed E-state index contributed by atoms with van der Waals surface area (Å²) in [7, 11) is 0.150. The van der Waals surface area contributed by atoms with Crippen LogP contribution >= 0.6 is 0 Å². The van der Waals surface area contributed by atoms with Crippen LogP contribution in [0.15, 0.2) is 11.4 Å². The normalized spacial score (nSPS) is 12.0. The molecule has 1 heterocycles. The Hall–Kier alpha value is -1.67. The molecule has 0 unspecified atom stereocenters. The number of carbonyl (C=O) groups is 1. The Kier molecular flexibility index (Phi) is 5.90. The largest absolute Gasteiger partial charge is 0.464 e. The van der Waals surface area contributed by atoms with E-state index >= 15 is 0 Å². The second-order valence-corrected chi connectivity index (χ2v) is 11.2. The first-order valence-corrected chi connectivity index (χ1v) is 9.99. The summed E-state index contributed by atoms with van der Waals surface area (Å²) in [4.78, 5) is 15.4. The lowest BCUT2D eigenvalue weighted by atomic mass is 10.5. The Morgan fingerprint density at radius 2 is 2.25 bits per heavy atom. The number of esters is 1. The minimum Gasteiger partial charge on any atom is -0.464 e. The maximum atomic E-state index is 11.4. The van der Waals surface area contributed by atoms with Crippen LogP contribution in [0.2, 0.25) is 25.7 Å². The Morgan fingerprint density at radius 1 is 1.55 bits per heavy atom. The van der Waals surface area contributed by atoms with Gasteiger partial charge in [-0.1, -0.05) is 24.8 Å². The van der Waals surface area contributed by atoms with Crippen molar-refractivity contribution in [3.05, 3.63) is 17.7 Å². The van der Waals surface area contributed by atoms with Gasteiger partial charge >= 0.3 is 5.97 Å². The number of oxime groups is 1. The predicted octanol–water partition coefficient (Wildman–Crippen LogP) is 1.79. The first kappa shape index (κ1) is 16.4. The van der Waals surface area contributed by atoms with Crippen molar-refractivity contribution in [1.29, 1.82) is 0 Å². The molecule has 0 atom stereocenters. The molecule has 0 aromatic carbocycles. The number of rotatable bonds is 7. The van der Waals surface area contributed by atoms with Crippen LogP contribution in [0.4, 0.5) is 0 Å². The number of carbonyl (C=O) groups excluding carboxylic acids is 1. The lowest BCUT2D eigenvalue weighted by Gasteiger charge is -2.15. The summed E-state index contributed by atoms with van der Waals surface area (Å²) in [6, 6.07) is 1.05. The summed E-state index contributed by atoms with van der Waals surface area (Å²) < 4.78 is 11.8. The first-order valence-electron chi connectivity index (χ1n) is 6.28. The molecule has 7 nitrogen and oxygen atoms in total. The Balaban J connectivity index is 2.68. The van der Waals surface area contributed by atoms with Crippen molar-refractivity contribution in [2.24, 2.45) is 5.16 Å². The summed E-state index contributed by atoms with van der Waals surface area (Å²) in [5.74, 6) is -0.209. The molecule has 1 N–H and O–H groups in total. The smallest absolute Gasteiger partial charge is 0.358 e. The van der Waals surface area contributed by atoms with Crippen molar-refractivity contribution >= 4 is 20.3 Å². The first-order chi connectivity index (χ1) is 9.37. The van der Waals surface area contributed by atoms with Gasteiger partial charge in [-0.2, -0.15) is 0 Å². The SMILES string of the molecule is COC(=O)c1cn(COCC[Si](C)(C)C)c(/C=N\O)n1. The number of methoxy groups -OCH3 is 1. The summed E-state index contributed by atoms with van der Waals surface area (Å²) >= 11 is 0. The van der Waals surface area contributed by atoms with Crippen LogP contribution in [0.25, 0.3) is 0 Å². The van der Waals surface area contributed by atoms with E-state index in [4.69, 9.17) is 9.94 Å². The molecule has 1 aromatic rings. The van der Waals surface area contributed by atoms with Crippen LogP contribution in [0, 0.1) is 0 Å². The second-order valence-electron chi connectivity index (χ2n) is 5.54. The summed E-state index contributed by atoms with van der Waals surface area (Å²) in [6.07, 6.45) is 2.66. The molecule has 112 valence electrons. The topological polar surface area (TPSA) is 85.9 Å². The fourth-order valence-electron chi connectivity index (χ4n) is 1.43. The number of ether oxygens (including phenoxy) is 2. The summed E-state index contributed by atoms with van der Waals surface area (Å²) in [6.45, 7) is 7.71. The highest BCUT2D eigenvalue weighted by atomic mass is 28.3. The van der Waals surface area contributed by atoms with Gasteiger partial charge in [0.25, 0.3) is 0 Å². The number of hydrogen-bond donors (Lipinski definition) is 1.